The molecule has 1 aliphatic heterocycles. The average Bonchev–Trinajstić information content (AvgIpc) is 2.46. The van der Waals surface area contributed by atoms with Crippen molar-refractivity contribution in [2.75, 3.05) is 50.1 Å². The molecule has 0 N–H and O–H groups in total. The van der Waals surface area contributed by atoms with Gasteiger partial charge in [0.15, 0.2) is 0 Å². The van der Waals surface area contributed by atoms with Crippen LogP contribution in [0.15, 0.2) is 24.3 Å². The Morgan fingerprint density at radius 2 is 1.67 bits per heavy atom. The highest BCUT2D eigenvalue weighted by Crippen LogP contribution is 2.29. The summed E-state index contributed by atoms with van der Waals surface area (Å²) >= 11 is 0. The van der Waals surface area contributed by atoms with Gasteiger partial charge in [-0.3, -0.25) is 4.79 Å². The number of rotatable bonds is 3. The summed E-state index contributed by atoms with van der Waals surface area (Å²) in [4.78, 5) is 18.8. The lowest BCUT2D eigenvalue weighted by Gasteiger charge is -2.39. The summed E-state index contributed by atoms with van der Waals surface area (Å²) in [5.41, 5.74) is 2.48. The van der Waals surface area contributed by atoms with Gasteiger partial charge >= 0.3 is 0 Å². The zero-order chi connectivity index (χ0) is 14.8. The minimum Gasteiger partial charge on any atom is -0.378 e. The fourth-order valence-corrected chi connectivity index (χ4v) is 3.06. The summed E-state index contributed by atoms with van der Waals surface area (Å²) in [7, 11) is 4.11. The van der Waals surface area contributed by atoms with Crippen LogP contribution in [0.4, 0.5) is 11.4 Å². The highest BCUT2D eigenvalue weighted by molar-refractivity contribution is 5.80. The zero-order valence-corrected chi connectivity index (χ0v) is 13.1. The fourth-order valence-electron chi connectivity index (χ4n) is 3.06. The molecule has 4 nitrogen and oxygen atoms in total. The molecule has 1 saturated carbocycles. The summed E-state index contributed by atoms with van der Waals surface area (Å²) in [6, 6.07) is 8.67. The Morgan fingerprint density at radius 3 is 2.14 bits per heavy atom. The van der Waals surface area contributed by atoms with Gasteiger partial charge < -0.3 is 14.7 Å². The van der Waals surface area contributed by atoms with Gasteiger partial charge in [-0.15, -0.1) is 0 Å². The number of anilines is 2. The molecule has 0 atom stereocenters. The van der Waals surface area contributed by atoms with Crippen LogP contribution in [0.2, 0.25) is 0 Å². The van der Waals surface area contributed by atoms with Crippen molar-refractivity contribution in [3.05, 3.63) is 24.3 Å². The summed E-state index contributed by atoms with van der Waals surface area (Å²) < 4.78 is 0. The molecule has 4 heteroatoms. The van der Waals surface area contributed by atoms with E-state index < -0.39 is 0 Å². The lowest BCUT2D eigenvalue weighted by Crippen LogP contribution is -2.51. The van der Waals surface area contributed by atoms with Gasteiger partial charge in [-0.25, -0.2) is 0 Å². The molecular formula is C17H25N3O. The maximum Gasteiger partial charge on any atom is 0.225 e. The number of carbonyl (C=O) groups is 1. The lowest BCUT2D eigenvalue weighted by molar-refractivity contribution is -0.138. The number of hydrogen-bond acceptors (Lipinski definition) is 3. The molecule has 1 saturated heterocycles. The Bertz CT molecular complexity index is 485. The number of amides is 1. The Labute approximate surface area is 127 Å². The Hall–Kier alpha value is -1.71. The van der Waals surface area contributed by atoms with Gasteiger partial charge in [0.25, 0.3) is 0 Å². The van der Waals surface area contributed by atoms with Crippen molar-refractivity contribution in [1.82, 2.24) is 4.90 Å². The van der Waals surface area contributed by atoms with E-state index in [-0.39, 0.29) is 0 Å². The second kappa shape index (κ2) is 5.96. The van der Waals surface area contributed by atoms with Crippen molar-refractivity contribution < 1.29 is 4.79 Å². The minimum atomic E-state index is 0.330. The van der Waals surface area contributed by atoms with Crippen LogP contribution < -0.4 is 9.80 Å². The molecule has 0 spiro atoms. The lowest BCUT2D eigenvalue weighted by atomic mass is 9.84. The molecule has 1 amide bonds. The molecule has 1 aromatic carbocycles. The summed E-state index contributed by atoms with van der Waals surface area (Å²) in [5, 5.41) is 0. The van der Waals surface area contributed by atoms with Gasteiger partial charge in [-0.1, -0.05) is 6.42 Å². The summed E-state index contributed by atoms with van der Waals surface area (Å²) in [6.07, 6.45) is 3.44. The van der Waals surface area contributed by atoms with Crippen LogP contribution in [-0.4, -0.2) is 51.1 Å². The fraction of sp³-hybridized carbons (Fsp3) is 0.588. The predicted molar refractivity (Wildman–Crippen MR) is 86.9 cm³/mol. The van der Waals surface area contributed by atoms with E-state index in [2.05, 4.69) is 53.1 Å². The SMILES string of the molecule is CN(C)c1ccc(N2CCN(C(=O)C3CCC3)CC2)cc1. The Morgan fingerprint density at radius 1 is 1.05 bits per heavy atom. The van der Waals surface area contributed by atoms with E-state index >= 15 is 0 Å². The monoisotopic (exact) mass is 287 g/mol. The third kappa shape index (κ3) is 2.99. The van der Waals surface area contributed by atoms with Crippen molar-refractivity contribution in [3.63, 3.8) is 0 Å². The van der Waals surface area contributed by atoms with E-state index in [0.717, 1.165) is 39.0 Å². The van der Waals surface area contributed by atoms with Crippen molar-refractivity contribution in [2.24, 2.45) is 5.92 Å². The largest absolute Gasteiger partial charge is 0.378 e. The van der Waals surface area contributed by atoms with Crippen molar-refractivity contribution in [1.29, 1.82) is 0 Å². The quantitative estimate of drug-likeness (QED) is 0.853. The first-order chi connectivity index (χ1) is 10.1. The number of benzene rings is 1. The molecule has 21 heavy (non-hydrogen) atoms. The summed E-state index contributed by atoms with van der Waals surface area (Å²) in [6.45, 7) is 3.62. The van der Waals surface area contributed by atoms with E-state index in [1.165, 1.54) is 17.8 Å². The molecule has 0 unspecified atom stereocenters. The van der Waals surface area contributed by atoms with Gasteiger partial charge in [0.2, 0.25) is 5.91 Å². The third-order valence-electron chi connectivity index (χ3n) is 4.78. The topological polar surface area (TPSA) is 26.8 Å². The highest BCUT2D eigenvalue weighted by Gasteiger charge is 2.31. The van der Waals surface area contributed by atoms with Gasteiger partial charge in [-0.2, -0.15) is 0 Å². The van der Waals surface area contributed by atoms with E-state index in [1.807, 2.05) is 0 Å². The molecule has 1 aromatic rings. The van der Waals surface area contributed by atoms with Crippen LogP contribution in [0.25, 0.3) is 0 Å². The molecule has 0 aromatic heterocycles. The van der Waals surface area contributed by atoms with Gasteiger partial charge in [0, 0.05) is 57.6 Å². The molecule has 0 bridgehead atoms. The number of piperazine rings is 1. The Balaban J connectivity index is 1.56. The number of hydrogen-bond donors (Lipinski definition) is 0. The van der Waals surface area contributed by atoms with Crippen LogP contribution in [-0.2, 0) is 4.79 Å². The Kier molecular flexibility index (Phi) is 4.04. The maximum absolute atomic E-state index is 12.2. The van der Waals surface area contributed by atoms with Crippen LogP contribution in [0.1, 0.15) is 19.3 Å². The molecular weight excluding hydrogens is 262 g/mol. The van der Waals surface area contributed by atoms with Crippen molar-refractivity contribution in [3.8, 4) is 0 Å². The van der Waals surface area contributed by atoms with Crippen molar-refractivity contribution >= 4 is 17.3 Å². The normalized spacial score (nSPS) is 19.3. The molecule has 114 valence electrons. The summed E-state index contributed by atoms with van der Waals surface area (Å²) in [5.74, 6) is 0.722. The smallest absolute Gasteiger partial charge is 0.225 e. The number of carbonyl (C=O) groups excluding carboxylic acids is 1. The zero-order valence-electron chi connectivity index (χ0n) is 13.1. The third-order valence-corrected chi connectivity index (χ3v) is 4.78. The minimum absolute atomic E-state index is 0.330. The van der Waals surface area contributed by atoms with Crippen LogP contribution in [0.3, 0.4) is 0 Å². The first-order valence-electron chi connectivity index (χ1n) is 7.96. The van der Waals surface area contributed by atoms with Crippen LogP contribution >= 0.6 is 0 Å². The molecule has 2 fully saturated rings. The average molecular weight is 287 g/mol. The highest BCUT2D eigenvalue weighted by atomic mass is 16.2. The van der Waals surface area contributed by atoms with Gasteiger partial charge in [0.05, 0.1) is 0 Å². The maximum atomic E-state index is 12.2. The second-order valence-corrected chi connectivity index (χ2v) is 6.35. The second-order valence-electron chi connectivity index (χ2n) is 6.35. The number of nitrogens with zero attached hydrogens (tertiary/aromatic N) is 3. The predicted octanol–water partition coefficient (Wildman–Crippen LogP) is 2.20. The van der Waals surface area contributed by atoms with E-state index in [9.17, 15) is 4.79 Å². The first kappa shape index (κ1) is 14.2. The van der Waals surface area contributed by atoms with Gasteiger partial charge in [-0.05, 0) is 37.1 Å². The van der Waals surface area contributed by atoms with E-state index in [1.54, 1.807) is 0 Å². The van der Waals surface area contributed by atoms with Crippen LogP contribution in [0.5, 0.6) is 0 Å². The van der Waals surface area contributed by atoms with Crippen molar-refractivity contribution in [2.45, 2.75) is 19.3 Å². The van der Waals surface area contributed by atoms with E-state index in [0.29, 0.717) is 11.8 Å². The van der Waals surface area contributed by atoms with Crippen LogP contribution in [0, 0.1) is 5.92 Å². The standard InChI is InChI=1S/C17H25N3O/c1-18(2)15-6-8-16(9-7-15)19-10-12-20(13-11-19)17(21)14-4-3-5-14/h6-9,14H,3-5,10-13H2,1-2H3. The first-order valence-corrected chi connectivity index (χ1v) is 7.96. The molecule has 3 rings (SSSR count). The van der Waals surface area contributed by atoms with Gasteiger partial charge in [0.1, 0.15) is 0 Å². The molecule has 0 radical (unpaired) electrons. The molecule has 1 aliphatic carbocycles. The van der Waals surface area contributed by atoms with E-state index in [4.69, 9.17) is 0 Å². The molecule has 1 heterocycles. The molecule has 2 aliphatic rings.